The summed E-state index contributed by atoms with van der Waals surface area (Å²) in [6.45, 7) is 1.82. The first-order valence-corrected chi connectivity index (χ1v) is 6.87. The van der Waals surface area contributed by atoms with Gasteiger partial charge >= 0.3 is 0 Å². The van der Waals surface area contributed by atoms with Crippen molar-refractivity contribution in [1.82, 2.24) is 0 Å². The van der Waals surface area contributed by atoms with E-state index in [0.717, 1.165) is 0 Å². The number of benzene rings is 2. The first-order chi connectivity index (χ1) is 9.52. The molecule has 0 aliphatic carbocycles. The molecule has 0 bridgehead atoms. The van der Waals surface area contributed by atoms with Crippen LogP contribution in [-0.2, 0) is 0 Å². The maximum Gasteiger partial charge on any atom is 0.166 e. The van der Waals surface area contributed by atoms with E-state index in [9.17, 15) is 4.39 Å². The minimum Gasteiger partial charge on any atom is -0.496 e. The maximum absolute atomic E-state index is 13.8. The second-order valence-corrected chi connectivity index (χ2v) is 5.25. The molecule has 0 fully saturated rings. The first-order valence-electron chi connectivity index (χ1n) is 6.08. The van der Waals surface area contributed by atoms with Crippen molar-refractivity contribution in [3.05, 3.63) is 52.3 Å². The predicted octanol–water partition coefficient (Wildman–Crippen LogP) is 4.41. The summed E-state index contributed by atoms with van der Waals surface area (Å²) in [5.74, 6) is 0.803. The van der Waals surface area contributed by atoms with Gasteiger partial charge in [-0.3, -0.25) is 0 Å². The number of hydrogen-bond donors (Lipinski definition) is 1. The molecule has 2 rings (SSSR count). The number of hydrogen-bond acceptors (Lipinski definition) is 3. The number of ether oxygens (including phenoxy) is 2. The molecule has 0 aliphatic rings. The zero-order chi connectivity index (χ0) is 14.7. The van der Waals surface area contributed by atoms with E-state index in [1.165, 1.54) is 6.07 Å². The molecule has 2 N–H and O–H groups in total. The molecule has 20 heavy (non-hydrogen) atoms. The van der Waals surface area contributed by atoms with Gasteiger partial charge in [-0.2, -0.15) is 0 Å². The van der Waals surface area contributed by atoms with Crippen molar-refractivity contribution < 1.29 is 13.9 Å². The van der Waals surface area contributed by atoms with Crippen LogP contribution in [0.15, 0.2) is 40.9 Å². The van der Waals surface area contributed by atoms with Crippen molar-refractivity contribution >= 4 is 15.9 Å². The van der Waals surface area contributed by atoms with E-state index in [4.69, 9.17) is 15.2 Å². The molecule has 0 aromatic heterocycles. The highest BCUT2D eigenvalue weighted by atomic mass is 79.9. The molecule has 2 aromatic rings. The Morgan fingerprint density at radius 2 is 1.85 bits per heavy atom. The molecule has 1 atom stereocenters. The molecule has 0 radical (unpaired) electrons. The van der Waals surface area contributed by atoms with Crippen LogP contribution in [0.3, 0.4) is 0 Å². The summed E-state index contributed by atoms with van der Waals surface area (Å²) < 4.78 is 25.4. The monoisotopic (exact) mass is 339 g/mol. The first kappa shape index (κ1) is 14.8. The third-order valence-electron chi connectivity index (χ3n) is 2.82. The van der Waals surface area contributed by atoms with Gasteiger partial charge in [0.25, 0.3) is 0 Å². The number of methoxy groups -OCH3 is 1. The molecule has 0 saturated heterocycles. The van der Waals surface area contributed by atoms with E-state index >= 15 is 0 Å². The number of nitrogens with two attached hydrogens (primary N) is 1. The Balaban J connectivity index is 2.43. The average molecular weight is 340 g/mol. The molecule has 2 aromatic carbocycles. The summed E-state index contributed by atoms with van der Waals surface area (Å²) in [4.78, 5) is 0. The molecule has 106 valence electrons. The Bertz CT molecular complexity index is 617. The van der Waals surface area contributed by atoms with Crippen LogP contribution in [0.4, 0.5) is 4.39 Å². The molecular formula is C15H15BrFNO2. The second-order valence-electron chi connectivity index (χ2n) is 4.34. The Labute approximate surface area is 125 Å². The molecule has 0 saturated carbocycles. The lowest BCUT2D eigenvalue weighted by Crippen LogP contribution is -2.09. The van der Waals surface area contributed by atoms with Crippen LogP contribution in [0.2, 0.25) is 0 Å². The summed E-state index contributed by atoms with van der Waals surface area (Å²) in [7, 11) is 1.56. The molecular weight excluding hydrogens is 325 g/mol. The van der Waals surface area contributed by atoms with Gasteiger partial charge in [-0.15, -0.1) is 0 Å². The highest BCUT2D eigenvalue weighted by Crippen LogP contribution is 2.36. The molecule has 0 heterocycles. The van der Waals surface area contributed by atoms with Gasteiger partial charge in [0, 0.05) is 10.5 Å². The fourth-order valence-electron chi connectivity index (χ4n) is 1.92. The SMILES string of the molecule is COc1cccc(Oc2ccc(Br)cc2F)c1[C@@H](C)N. The molecule has 5 heteroatoms. The highest BCUT2D eigenvalue weighted by molar-refractivity contribution is 9.10. The van der Waals surface area contributed by atoms with E-state index in [0.29, 0.717) is 21.5 Å². The highest BCUT2D eigenvalue weighted by Gasteiger charge is 2.16. The smallest absolute Gasteiger partial charge is 0.166 e. The molecule has 3 nitrogen and oxygen atoms in total. The van der Waals surface area contributed by atoms with Crippen molar-refractivity contribution in [2.75, 3.05) is 7.11 Å². The van der Waals surface area contributed by atoms with Crippen LogP contribution in [-0.4, -0.2) is 7.11 Å². The van der Waals surface area contributed by atoms with Crippen LogP contribution in [0, 0.1) is 5.82 Å². The third-order valence-corrected chi connectivity index (χ3v) is 3.31. The fraction of sp³-hybridized carbons (Fsp3) is 0.200. The van der Waals surface area contributed by atoms with E-state index in [1.54, 1.807) is 37.4 Å². The Hall–Kier alpha value is -1.59. The molecule has 0 amide bonds. The maximum atomic E-state index is 13.8. The Morgan fingerprint density at radius 1 is 1.15 bits per heavy atom. The van der Waals surface area contributed by atoms with Crippen molar-refractivity contribution in [1.29, 1.82) is 0 Å². The van der Waals surface area contributed by atoms with Crippen molar-refractivity contribution in [3.63, 3.8) is 0 Å². The average Bonchev–Trinajstić information content (AvgIpc) is 2.41. The summed E-state index contributed by atoms with van der Waals surface area (Å²) in [6.07, 6.45) is 0. The van der Waals surface area contributed by atoms with E-state index in [2.05, 4.69) is 15.9 Å². The van der Waals surface area contributed by atoms with E-state index in [1.807, 2.05) is 6.92 Å². The van der Waals surface area contributed by atoms with Crippen LogP contribution in [0.25, 0.3) is 0 Å². The summed E-state index contributed by atoms with van der Waals surface area (Å²) in [6, 6.07) is 9.64. The normalized spacial score (nSPS) is 12.1. The van der Waals surface area contributed by atoms with Gasteiger partial charge in [-0.1, -0.05) is 22.0 Å². The van der Waals surface area contributed by atoms with Gasteiger partial charge in [-0.25, -0.2) is 4.39 Å². The molecule has 0 aliphatic heterocycles. The number of rotatable bonds is 4. The van der Waals surface area contributed by atoms with Gasteiger partial charge in [0.2, 0.25) is 0 Å². The van der Waals surface area contributed by atoms with Gasteiger partial charge in [0.05, 0.1) is 12.7 Å². The largest absolute Gasteiger partial charge is 0.496 e. The fourth-order valence-corrected chi connectivity index (χ4v) is 2.25. The van der Waals surface area contributed by atoms with Gasteiger partial charge in [0.1, 0.15) is 11.5 Å². The number of halogens is 2. The molecule has 0 spiro atoms. The standard InChI is InChI=1S/C15H15BrFNO2/c1-9(18)15-13(19-2)4-3-5-14(15)20-12-7-6-10(16)8-11(12)17/h3-9H,18H2,1-2H3/t9-/m1/s1. The van der Waals surface area contributed by atoms with Crippen molar-refractivity contribution in [2.45, 2.75) is 13.0 Å². The van der Waals surface area contributed by atoms with Gasteiger partial charge in [0.15, 0.2) is 11.6 Å². The minimum absolute atomic E-state index is 0.142. The van der Waals surface area contributed by atoms with Crippen LogP contribution in [0.5, 0.6) is 17.2 Å². The Kier molecular flexibility index (Phi) is 4.62. The lowest BCUT2D eigenvalue weighted by molar-refractivity contribution is 0.393. The van der Waals surface area contributed by atoms with Crippen LogP contribution < -0.4 is 15.2 Å². The predicted molar refractivity (Wildman–Crippen MR) is 79.8 cm³/mol. The van der Waals surface area contributed by atoms with Gasteiger partial charge < -0.3 is 15.2 Å². The lowest BCUT2D eigenvalue weighted by Gasteiger charge is -2.17. The van der Waals surface area contributed by atoms with Crippen LogP contribution in [0.1, 0.15) is 18.5 Å². The zero-order valence-corrected chi connectivity index (χ0v) is 12.8. The summed E-state index contributed by atoms with van der Waals surface area (Å²) in [5, 5.41) is 0. The zero-order valence-electron chi connectivity index (χ0n) is 11.2. The summed E-state index contributed by atoms with van der Waals surface area (Å²) in [5.41, 5.74) is 6.65. The third kappa shape index (κ3) is 3.11. The topological polar surface area (TPSA) is 44.5 Å². The van der Waals surface area contributed by atoms with E-state index < -0.39 is 5.82 Å². The van der Waals surface area contributed by atoms with Crippen molar-refractivity contribution in [3.8, 4) is 17.2 Å². The Morgan fingerprint density at radius 3 is 2.45 bits per heavy atom. The van der Waals surface area contributed by atoms with Crippen molar-refractivity contribution in [2.24, 2.45) is 5.73 Å². The molecule has 0 unspecified atom stereocenters. The quantitative estimate of drug-likeness (QED) is 0.897. The minimum atomic E-state index is -0.446. The van der Waals surface area contributed by atoms with Gasteiger partial charge in [-0.05, 0) is 37.3 Å². The second kappa shape index (κ2) is 6.24. The van der Waals surface area contributed by atoms with E-state index in [-0.39, 0.29) is 11.8 Å². The lowest BCUT2D eigenvalue weighted by atomic mass is 10.1. The summed E-state index contributed by atoms with van der Waals surface area (Å²) >= 11 is 3.21. The van der Waals surface area contributed by atoms with Crippen LogP contribution >= 0.6 is 15.9 Å².